The number of nitrogens with one attached hydrogen (secondary N) is 1. The van der Waals surface area contributed by atoms with Gasteiger partial charge in [0.25, 0.3) is 5.91 Å². The summed E-state index contributed by atoms with van der Waals surface area (Å²) in [5.41, 5.74) is 1.52. The number of carbonyl (C=O) groups excluding carboxylic acids is 1. The van der Waals surface area contributed by atoms with E-state index in [-0.39, 0.29) is 11.9 Å². The lowest BCUT2D eigenvalue weighted by molar-refractivity contribution is 0.0923. The molecule has 1 fully saturated rings. The lowest BCUT2D eigenvalue weighted by Gasteiger charge is -2.30. The molecule has 2 rings (SSSR count). The van der Waals surface area contributed by atoms with Crippen molar-refractivity contribution in [2.24, 2.45) is 0 Å². The normalized spacial score (nSPS) is 17.2. The van der Waals surface area contributed by atoms with E-state index in [0.717, 1.165) is 5.56 Å². The quantitative estimate of drug-likeness (QED) is 0.901. The van der Waals surface area contributed by atoms with Crippen LogP contribution in [0.3, 0.4) is 0 Å². The summed E-state index contributed by atoms with van der Waals surface area (Å²) in [7, 11) is -1.57. The van der Waals surface area contributed by atoms with Crippen LogP contribution in [0.25, 0.3) is 0 Å². The van der Waals surface area contributed by atoms with Gasteiger partial charge in [0.05, 0.1) is 13.4 Å². The molecule has 1 aromatic carbocycles. The molecule has 1 N–H and O–H groups in total. The van der Waals surface area contributed by atoms with E-state index in [1.54, 1.807) is 19.2 Å². The highest BCUT2D eigenvalue weighted by molar-refractivity contribution is 7.88. The Kier molecular flexibility index (Phi) is 5.08. The van der Waals surface area contributed by atoms with E-state index in [1.165, 1.54) is 10.6 Å². The Hall–Kier alpha value is -1.60. The Morgan fingerprint density at radius 3 is 2.50 bits per heavy atom. The molecule has 1 aliphatic rings. The molecule has 0 aliphatic carbocycles. The van der Waals surface area contributed by atoms with Crippen LogP contribution in [-0.4, -0.2) is 51.1 Å². The van der Waals surface area contributed by atoms with Gasteiger partial charge in [0.15, 0.2) is 0 Å². The van der Waals surface area contributed by atoms with Crippen LogP contribution in [0.5, 0.6) is 5.75 Å². The topological polar surface area (TPSA) is 75.7 Å². The zero-order valence-corrected chi connectivity index (χ0v) is 13.9. The SMILES string of the molecule is COc1cc(C(=O)NC2CCN(S(C)(=O)=O)CC2)ccc1C. The van der Waals surface area contributed by atoms with E-state index in [2.05, 4.69) is 5.32 Å². The number of rotatable bonds is 4. The number of ether oxygens (including phenoxy) is 1. The monoisotopic (exact) mass is 326 g/mol. The Morgan fingerprint density at radius 1 is 1.32 bits per heavy atom. The van der Waals surface area contributed by atoms with Gasteiger partial charge in [0, 0.05) is 24.7 Å². The highest BCUT2D eigenvalue weighted by atomic mass is 32.2. The molecule has 22 heavy (non-hydrogen) atoms. The van der Waals surface area contributed by atoms with Crippen LogP contribution < -0.4 is 10.1 Å². The summed E-state index contributed by atoms with van der Waals surface area (Å²) in [6, 6.07) is 5.33. The summed E-state index contributed by atoms with van der Waals surface area (Å²) < 4.78 is 29.6. The Balaban J connectivity index is 1.96. The zero-order chi connectivity index (χ0) is 16.3. The van der Waals surface area contributed by atoms with Gasteiger partial charge in [-0.2, -0.15) is 0 Å². The van der Waals surface area contributed by atoms with Crippen LogP contribution in [0.4, 0.5) is 0 Å². The van der Waals surface area contributed by atoms with Crippen LogP contribution in [0.1, 0.15) is 28.8 Å². The van der Waals surface area contributed by atoms with Gasteiger partial charge in [-0.15, -0.1) is 0 Å². The van der Waals surface area contributed by atoms with Crippen LogP contribution in [0.2, 0.25) is 0 Å². The number of amides is 1. The Labute approximate surface area is 131 Å². The number of benzene rings is 1. The number of aryl methyl sites for hydroxylation is 1. The largest absolute Gasteiger partial charge is 0.496 e. The van der Waals surface area contributed by atoms with Crippen molar-refractivity contribution in [3.63, 3.8) is 0 Å². The van der Waals surface area contributed by atoms with Crippen LogP contribution in [0.15, 0.2) is 18.2 Å². The molecular weight excluding hydrogens is 304 g/mol. The average Bonchev–Trinajstić information content (AvgIpc) is 2.47. The summed E-state index contributed by atoms with van der Waals surface area (Å²) in [6.07, 6.45) is 2.47. The summed E-state index contributed by atoms with van der Waals surface area (Å²) in [6.45, 7) is 2.81. The Morgan fingerprint density at radius 2 is 1.95 bits per heavy atom. The van der Waals surface area contributed by atoms with E-state index in [1.807, 2.05) is 13.0 Å². The maximum atomic E-state index is 12.3. The third-order valence-corrected chi connectivity index (χ3v) is 5.23. The zero-order valence-electron chi connectivity index (χ0n) is 13.1. The molecule has 0 aromatic heterocycles. The number of carbonyl (C=O) groups is 1. The molecule has 0 atom stereocenters. The van der Waals surface area contributed by atoms with E-state index in [4.69, 9.17) is 4.74 Å². The molecule has 122 valence electrons. The number of hydrogen-bond donors (Lipinski definition) is 1. The molecule has 0 radical (unpaired) electrons. The van der Waals surface area contributed by atoms with Crippen molar-refractivity contribution < 1.29 is 17.9 Å². The van der Waals surface area contributed by atoms with E-state index in [9.17, 15) is 13.2 Å². The van der Waals surface area contributed by atoms with Crippen LogP contribution in [0, 0.1) is 6.92 Å². The minimum Gasteiger partial charge on any atom is -0.496 e. The average molecular weight is 326 g/mol. The van der Waals surface area contributed by atoms with Gasteiger partial charge in [0.2, 0.25) is 10.0 Å². The molecule has 1 saturated heterocycles. The van der Waals surface area contributed by atoms with E-state index in [0.29, 0.717) is 37.2 Å². The molecule has 1 amide bonds. The van der Waals surface area contributed by atoms with Gasteiger partial charge in [-0.1, -0.05) is 6.07 Å². The van der Waals surface area contributed by atoms with Crippen molar-refractivity contribution in [1.82, 2.24) is 9.62 Å². The summed E-state index contributed by atoms with van der Waals surface area (Å²) in [5, 5.41) is 2.96. The fraction of sp³-hybridized carbons (Fsp3) is 0.533. The first-order valence-corrected chi connectivity index (χ1v) is 9.06. The predicted octanol–water partition coefficient (Wildman–Crippen LogP) is 1.16. The summed E-state index contributed by atoms with van der Waals surface area (Å²) in [5.74, 6) is 0.524. The molecule has 0 unspecified atom stereocenters. The second-order valence-corrected chi connectivity index (χ2v) is 7.58. The number of methoxy groups -OCH3 is 1. The summed E-state index contributed by atoms with van der Waals surface area (Å²) in [4.78, 5) is 12.3. The molecule has 1 aromatic rings. The molecule has 7 heteroatoms. The maximum Gasteiger partial charge on any atom is 0.251 e. The second kappa shape index (κ2) is 6.66. The number of sulfonamides is 1. The van der Waals surface area contributed by atoms with Crippen LogP contribution in [-0.2, 0) is 10.0 Å². The fourth-order valence-corrected chi connectivity index (χ4v) is 3.44. The third-order valence-electron chi connectivity index (χ3n) is 3.93. The van der Waals surface area contributed by atoms with Crippen molar-refractivity contribution in [1.29, 1.82) is 0 Å². The standard InChI is InChI=1S/C15H22N2O4S/c1-11-4-5-12(10-14(11)21-2)15(18)16-13-6-8-17(9-7-13)22(3,19)20/h4-5,10,13H,6-9H2,1-3H3,(H,16,18). The number of piperidine rings is 1. The van der Waals surface area contributed by atoms with E-state index < -0.39 is 10.0 Å². The molecule has 0 saturated carbocycles. The van der Waals surface area contributed by atoms with Gasteiger partial charge < -0.3 is 10.1 Å². The van der Waals surface area contributed by atoms with Gasteiger partial charge in [0.1, 0.15) is 5.75 Å². The highest BCUT2D eigenvalue weighted by Crippen LogP contribution is 2.19. The van der Waals surface area contributed by atoms with Crippen molar-refractivity contribution in [3.8, 4) is 5.75 Å². The van der Waals surface area contributed by atoms with Gasteiger partial charge >= 0.3 is 0 Å². The van der Waals surface area contributed by atoms with E-state index >= 15 is 0 Å². The van der Waals surface area contributed by atoms with Crippen molar-refractivity contribution >= 4 is 15.9 Å². The van der Waals surface area contributed by atoms with Crippen molar-refractivity contribution in [2.45, 2.75) is 25.8 Å². The first-order chi connectivity index (χ1) is 10.3. The van der Waals surface area contributed by atoms with Crippen molar-refractivity contribution in [3.05, 3.63) is 29.3 Å². The molecular formula is C15H22N2O4S. The molecule has 0 spiro atoms. The lowest BCUT2D eigenvalue weighted by Crippen LogP contribution is -2.46. The molecule has 1 heterocycles. The highest BCUT2D eigenvalue weighted by Gasteiger charge is 2.26. The lowest BCUT2D eigenvalue weighted by atomic mass is 10.1. The number of hydrogen-bond acceptors (Lipinski definition) is 4. The van der Waals surface area contributed by atoms with Gasteiger partial charge in [-0.25, -0.2) is 12.7 Å². The summed E-state index contributed by atoms with van der Waals surface area (Å²) >= 11 is 0. The smallest absolute Gasteiger partial charge is 0.251 e. The second-order valence-electron chi connectivity index (χ2n) is 5.59. The Bertz CT molecular complexity index is 650. The predicted molar refractivity (Wildman–Crippen MR) is 84.6 cm³/mol. The molecule has 0 bridgehead atoms. The maximum absolute atomic E-state index is 12.3. The third kappa shape index (κ3) is 3.98. The fourth-order valence-electron chi connectivity index (χ4n) is 2.56. The minimum atomic E-state index is -3.14. The molecule has 6 nitrogen and oxygen atoms in total. The molecule has 1 aliphatic heterocycles. The van der Waals surface area contributed by atoms with Crippen molar-refractivity contribution in [2.75, 3.05) is 26.5 Å². The first kappa shape index (κ1) is 16.8. The van der Waals surface area contributed by atoms with Gasteiger partial charge in [-0.3, -0.25) is 4.79 Å². The van der Waals surface area contributed by atoms with Gasteiger partial charge in [-0.05, 0) is 37.5 Å². The van der Waals surface area contributed by atoms with Crippen LogP contribution >= 0.6 is 0 Å². The minimum absolute atomic E-state index is 0.00204. The number of nitrogens with zero attached hydrogens (tertiary/aromatic N) is 1. The first-order valence-electron chi connectivity index (χ1n) is 7.22.